The van der Waals surface area contributed by atoms with Crippen molar-refractivity contribution in [1.29, 1.82) is 0 Å². The van der Waals surface area contributed by atoms with E-state index in [1.807, 2.05) is 45.0 Å². The monoisotopic (exact) mass is 320 g/mol. The summed E-state index contributed by atoms with van der Waals surface area (Å²) in [6.07, 6.45) is 0.479. The summed E-state index contributed by atoms with van der Waals surface area (Å²) in [7, 11) is 0. The molecule has 1 N–H and O–H groups in total. The summed E-state index contributed by atoms with van der Waals surface area (Å²) in [5, 5.41) is 9.60. The number of aliphatic carboxylic acids is 1. The Hall–Kier alpha value is -1.88. The van der Waals surface area contributed by atoms with Crippen LogP contribution in [-0.4, -0.2) is 23.5 Å². The molecular weight excluding hydrogens is 300 g/mol. The van der Waals surface area contributed by atoms with E-state index in [0.29, 0.717) is 17.0 Å². The fourth-order valence-corrected chi connectivity index (χ4v) is 3.35. The van der Waals surface area contributed by atoms with Gasteiger partial charge in [-0.3, -0.25) is 9.59 Å². The molecule has 118 valence electrons. The zero-order valence-corrected chi connectivity index (χ0v) is 13.8. The van der Waals surface area contributed by atoms with E-state index in [1.54, 1.807) is 0 Å². The zero-order valence-electron chi connectivity index (χ0n) is 13.0. The van der Waals surface area contributed by atoms with Gasteiger partial charge in [0.1, 0.15) is 10.6 Å². The molecule has 5 heteroatoms. The zero-order chi connectivity index (χ0) is 16.3. The van der Waals surface area contributed by atoms with E-state index in [1.165, 1.54) is 11.3 Å². The van der Waals surface area contributed by atoms with Crippen molar-refractivity contribution in [2.45, 2.75) is 33.6 Å². The van der Waals surface area contributed by atoms with Gasteiger partial charge in [0, 0.05) is 21.9 Å². The SMILES string of the molecule is CC(C)(C)C(=O)c1sc2ccccc2c1OCCCC(=O)O. The van der Waals surface area contributed by atoms with Gasteiger partial charge >= 0.3 is 5.97 Å². The van der Waals surface area contributed by atoms with E-state index in [0.717, 1.165) is 10.1 Å². The van der Waals surface area contributed by atoms with E-state index in [9.17, 15) is 9.59 Å². The molecule has 0 bridgehead atoms. The highest BCUT2D eigenvalue weighted by Gasteiger charge is 2.29. The summed E-state index contributed by atoms with van der Waals surface area (Å²) in [6.45, 7) is 5.94. The molecule has 22 heavy (non-hydrogen) atoms. The Morgan fingerprint density at radius 2 is 1.91 bits per heavy atom. The van der Waals surface area contributed by atoms with Gasteiger partial charge in [-0.25, -0.2) is 0 Å². The molecule has 1 aromatic heterocycles. The van der Waals surface area contributed by atoms with Gasteiger partial charge in [0.2, 0.25) is 0 Å². The fraction of sp³-hybridized carbons (Fsp3) is 0.412. The molecule has 0 radical (unpaired) electrons. The van der Waals surface area contributed by atoms with Crippen LogP contribution in [0.15, 0.2) is 24.3 Å². The largest absolute Gasteiger partial charge is 0.491 e. The van der Waals surface area contributed by atoms with Crippen molar-refractivity contribution in [3.8, 4) is 5.75 Å². The Kier molecular flexibility index (Phi) is 4.86. The topological polar surface area (TPSA) is 63.6 Å². The number of fused-ring (bicyclic) bond motifs is 1. The molecule has 4 nitrogen and oxygen atoms in total. The number of ketones is 1. The van der Waals surface area contributed by atoms with Gasteiger partial charge in [-0.1, -0.05) is 32.9 Å². The van der Waals surface area contributed by atoms with E-state index in [-0.39, 0.29) is 18.8 Å². The molecular formula is C17H20O4S. The van der Waals surface area contributed by atoms with Crippen LogP contribution >= 0.6 is 11.3 Å². The number of hydrogen-bond donors (Lipinski definition) is 1. The molecule has 0 atom stereocenters. The smallest absolute Gasteiger partial charge is 0.303 e. The number of thiophene rings is 1. The third-order valence-electron chi connectivity index (χ3n) is 3.22. The number of carbonyl (C=O) groups is 2. The highest BCUT2D eigenvalue weighted by molar-refractivity contribution is 7.21. The second kappa shape index (κ2) is 6.48. The summed E-state index contributed by atoms with van der Waals surface area (Å²) in [5.41, 5.74) is -0.486. The van der Waals surface area contributed by atoms with Crippen LogP contribution in [-0.2, 0) is 4.79 Å². The lowest BCUT2D eigenvalue weighted by molar-refractivity contribution is -0.137. The fourth-order valence-electron chi connectivity index (χ4n) is 2.05. The first-order valence-corrected chi connectivity index (χ1v) is 8.03. The molecule has 0 aliphatic heterocycles. The van der Waals surface area contributed by atoms with Crippen molar-refractivity contribution in [3.05, 3.63) is 29.1 Å². The van der Waals surface area contributed by atoms with Gasteiger partial charge in [0.25, 0.3) is 0 Å². The first-order chi connectivity index (χ1) is 10.3. The number of carboxylic acids is 1. The molecule has 0 saturated heterocycles. The maximum absolute atomic E-state index is 12.6. The highest BCUT2D eigenvalue weighted by Crippen LogP contribution is 2.40. The van der Waals surface area contributed by atoms with Gasteiger partial charge in [0.15, 0.2) is 5.78 Å². The molecule has 0 aliphatic rings. The lowest BCUT2D eigenvalue weighted by Gasteiger charge is -2.16. The number of rotatable bonds is 6. The first-order valence-electron chi connectivity index (χ1n) is 7.21. The second-order valence-corrected chi connectivity index (χ2v) is 7.23. The number of carboxylic acid groups (broad SMARTS) is 1. The van der Waals surface area contributed by atoms with Crippen molar-refractivity contribution in [1.82, 2.24) is 0 Å². The van der Waals surface area contributed by atoms with Crippen LogP contribution in [0.1, 0.15) is 43.3 Å². The molecule has 0 fully saturated rings. The van der Waals surface area contributed by atoms with Crippen LogP contribution in [0, 0.1) is 5.41 Å². The number of Topliss-reactive ketones (excluding diaryl/α,β-unsaturated/α-hetero) is 1. The standard InChI is InChI=1S/C17H20O4S/c1-17(2,3)16(20)15-14(21-10-6-9-13(18)19)11-7-4-5-8-12(11)22-15/h4-5,7-8H,6,9-10H2,1-3H3,(H,18,19). The van der Waals surface area contributed by atoms with E-state index in [2.05, 4.69) is 0 Å². The van der Waals surface area contributed by atoms with Crippen molar-refractivity contribution in [2.24, 2.45) is 5.41 Å². The van der Waals surface area contributed by atoms with Crippen molar-refractivity contribution in [2.75, 3.05) is 6.61 Å². The molecule has 0 unspecified atom stereocenters. The lowest BCUT2D eigenvalue weighted by atomic mass is 9.89. The number of hydrogen-bond acceptors (Lipinski definition) is 4. The third kappa shape index (κ3) is 3.65. The van der Waals surface area contributed by atoms with Crippen LogP contribution in [0.5, 0.6) is 5.75 Å². The Labute approximate surface area is 133 Å². The second-order valence-electron chi connectivity index (χ2n) is 6.18. The summed E-state index contributed by atoms with van der Waals surface area (Å²) < 4.78 is 6.79. The van der Waals surface area contributed by atoms with Crippen molar-refractivity contribution < 1.29 is 19.4 Å². The predicted octanol–water partition coefficient (Wildman–Crippen LogP) is 4.37. The maximum Gasteiger partial charge on any atom is 0.303 e. The average Bonchev–Trinajstić information content (AvgIpc) is 2.80. The quantitative estimate of drug-likeness (QED) is 0.634. The summed E-state index contributed by atoms with van der Waals surface area (Å²) in [5.74, 6) is -0.211. The van der Waals surface area contributed by atoms with Gasteiger partial charge in [-0.2, -0.15) is 0 Å². The number of ether oxygens (including phenoxy) is 1. The molecule has 0 amide bonds. The Morgan fingerprint density at radius 3 is 2.55 bits per heavy atom. The van der Waals surface area contributed by atoms with E-state index < -0.39 is 11.4 Å². The Balaban J connectivity index is 2.32. The minimum atomic E-state index is -0.843. The molecule has 0 aliphatic carbocycles. The van der Waals surface area contributed by atoms with Crippen LogP contribution in [0.4, 0.5) is 0 Å². The molecule has 2 aromatic rings. The van der Waals surface area contributed by atoms with Gasteiger partial charge in [0.05, 0.1) is 6.61 Å². The predicted molar refractivity (Wildman–Crippen MR) is 88.0 cm³/mol. The Bertz CT molecular complexity index is 694. The average molecular weight is 320 g/mol. The van der Waals surface area contributed by atoms with Crippen LogP contribution in [0.25, 0.3) is 10.1 Å². The van der Waals surface area contributed by atoms with Crippen molar-refractivity contribution in [3.63, 3.8) is 0 Å². The normalized spacial score (nSPS) is 11.6. The third-order valence-corrected chi connectivity index (χ3v) is 4.37. The van der Waals surface area contributed by atoms with E-state index in [4.69, 9.17) is 9.84 Å². The molecule has 0 spiro atoms. The minimum Gasteiger partial charge on any atom is -0.491 e. The summed E-state index contributed by atoms with van der Waals surface area (Å²) in [4.78, 5) is 23.8. The minimum absolute atomic E-state index is 0.0435. The first kappa shape index (κ1) is 16.5. The molecule has 1 heterocycles. The van der Waals surface area contributed by atoms with E-state index >= 15 is 0 Å². The van der Waals surface area contributed by atoms with Crippen molar-refractivity contribution >= 4 is 33.2 Å². The molecule has 2 rings (SSSR count). The maximum atomic E-state index is 12.6. The molecule has 0 saturated carbocycles. The van der Waals surface area contributed by atoms with Crippen LogP contribution in [0.2, 0.25) is 0 Å². The van der Waals surface area contributed by atoms with Gasteiger partial charge in [-0.15, -0.1) is 11.3 Å². The number of benzene rings is 1. The highest BCUT2D eigenvalue weighted by atomic mass is 32.1. The van der Waals surface area contributed by atoms with Crippen LogP contribution in [0.3, 0.4) is 0 Å². The number of carbonyl (C=O) groups excluding carboxylic acids is 1. The van der Waals surface area contributed by atoms with Crippen LogP contribution < -0.4 is 4.74 Å². The lowest BCUT2D eigenvalue weighted by Crippen LogP contribution is -2.19. The Morgan fingerprint density at radius 1 is 1.23 bits per heavy atom. The summed E-state index contributed by atoms with van der Waals surface area (Å²) >= 11 is 1.43. The van der Waals surface area contributed by atoms with Gasteiger partial charge < -0.3 is 9.84 Å². The summed E-state index contributed by atoms with van der Waals surface area (Å²) in [6, 6.07) is 7.73. The van der Waals surface area contributed by atoms with Gasteiger partial charge in [-0.05, 0) is 18.6 Å². The molecule has 1 aromatic carbocycles.